The smallest absolute Gasteiger partial charge is 0.358 e. The highest BCUT2D eigenvalue weighted by atomic mass is 16.7. The largest absolute Gasteiger partial charge is 0.497 e. The Morgan fingerprint density at radius 3 is 1.70 bits per heavy atom. The van der Waals surface area contributed by atoms with Crippen LogP contribution in [0.1, 0.15) is 23.1 Å². The molecule has 40 heavy (non-hydrogen) atoms. The average molecular weight is 540 g/mol. The third kappa shape index (κ3) is 4.16. The molecule has 8 nitrogen and oxygen atoms in total. The number of allylic oxidation sites excluding steroid dienone is 2. The number of carbonyl (C=O) groups excluding carboxylic acids is 3. The molecular weight excluding hydrogens is 510 g/mol. The van der Waals surface area contributed by atoms with Crippen molar-refractivity contribution in [3.05, 3.63) is 108 Å². The number of imide groups is 1. The van der Waals surface area contributed by atoms with Crippen molar-refractivity contribution in [2.75, 3.05) is 20.8 Å². The molecule has 1 saturated carbocycles. The van der Waals surface area contributed by atoms with Crippen molar-refractivity contribution in [2.45, 2.75) is 12.0 Å². The zero-order chi connectivity index (χ0) is 27.9. The lowest BCUT2D eigenvalue weighted by atomic mass is 9.80. The van der Waals surface area contributed by atoms with E-state index in [0.717, 1.165) is 23.1 Å². The summed E-state index contributed by atoms with van der Waals surface area (Å²) in [5, 5.41) is 0.651. The van der Waals surface area contributed by atoms with Gasteiger partial charge >= 0.3 is 5.97 Å². The Morgan fingerprint density at radius 2 is 1.23 bits per heavy atom. The number of hydrogen-bond donors (Lipinski definition) is 0. The number of ether oxygens (including phenoxy) is 3. The van der Waals surface area contributed by atoms with Crippen molar-refractivity contribution in [1.29, 1.82) is 0 Å². The molecule has 2 aliphatic carbocycles. The number of carbonyl (C=O) groups is 3. The van der Waals surface area contributed by atoms with Crippen LogP contribution in [0.4, 0.5) is 0 Å². The zero-order valence-electron chi connectivity index (χ0n) is 22.2. The van der Waals surface area contributed by atoms with E-state index < -0.39 is 41.8 Å². The number of rotatable bonds is 9. The predicted octanol–water partition coefficient (Wildman–Crippen LogP) is 4.28. The fraction of sp³-hybridized carbons (Fsp3) is 0.281. The topological polar surface area (TPSA) is 91.4 Å². The van der Waals surface area contributed by atoms with Crippen molar-refractivity contribution in [3.63, 3.8) is 0 Å². The van der Waals surface area contributed by atoms with E-state index in [1.807, 2.05) is 91.0 Å². The molecule has 1 heterocycles. The number of methoxy groups -OCH3 is 2. The lowest BCUT2D eigenvalue weighted by molar-refractivity contribution is -0.203. The van der Waals surface area contributed by atoms with Gasteiger partial charge in [-0.1, -0.05) is 66.7 Å². The molecule has 0 N–H and O–H groups in total. The van der Waals surface area contributed by atoms with Gasteiger partial charge in [0.05, 0.1) is 26.1 Å². The number of hydroxylamine groups is 2. The van der Waals surface area contributed by atoms with E-state index in [-0.39, 0.29) is 11.8 Å². The Bertz CT molecular complexity index is 1370. The van der Waals surface area contributed by atoms with Crippen LogP contribution in [0.15, 0.2) is 91.0 Å². The molecule has 3 aromatic carbocycles. The molecule has 2 amide bonds. The van der Waals surface area contributed by atoms with Gasteiger partial charge in [-0.05, 0) is 59.2 Å². The summed E-state index contributed by atoms with van der Waals surface area (Å²) in [6.45, 7) is -0.523. The molecule has 2 bridgehead atoms. The Morgan fingerprint density at radius 1 is 0.750 bits per heavy atom. The predicted molar refractivity (Wildman–Crippen MR) is 144 cm³/mol. The third-order valence-electron chi connectivity index (χ3n) is 8.20. The van der Waals surface area contributed by atoms with E-state index in [1.54, 1.807) is 14.2 Å². The van der Waals surface area contributed by atoms with Crippen molar-refractivity contribution in [2.24, 2.45) is 23.7 Å². The van der Waals surface area contributed by atoms with Crippen molar-refractivity contribution >= 4 is 17.8 Å². The summed E-state index contributed by atoms with van der Waals surface area (Å²) in [7, 11) is 3.18. The Labute approximate surface area is 232 Å². The first-order valence-corrected chi connectivity index (χ1v) is 13.2. The molecule has 1 saturated heterocycles. The van der Waals surface area contributed by atoms with Gasteiger partial charge in [0.15, 0.2) is 0 Å². The van der Waals surface area contributed by atoms with Gasteiger partial charge in [0.2, 0.25) is 0 Å². The minimum absolute atomic E-state index is 0.0160. The number of nitrogens with zero attached hydrogens (tertiary/aromatic N) is 1. The van der Waals surface area contributed by atoms with Gasteiger partial charge in [0, 0.05) is 0 Å². The van der Waals surface area contributed by atoms with Crippen LogP contribution in [0.25, 0.3) is 0 Å². The summed E-state index contributed by atoms with van der Waals surface area (Å²) in [4.78, 5) is 44.6. The van der Waals surface area contributed by atoms with E-state index in [4.69, 9.17) is 19.0 Å². The monoisotopic (exact) mass is 539 g/mol. The molecule has 0 aromatic heterocycles. The van der Waals surface area contributed by atoms with Gasteiger partial charge in [0.25, 0.3) is 11.8 Å². The number of hydrogen-bond acceptors (Lipinski definition) is 7. The Kier molecular flexibility index (Phi) is 6.64. The van der Waals surface area contributed by atoms with Gasteiger partial charge in [-0.15, -0.1) is 5.06 Å². The number of benzene rings is 3. The summed E-state index contributed by atoms with van der Waals surface area (Å²) in [5.74, 6) is -1.31. The summed E-state index contributed by atoms with van der Waals surface area (Å²) in [5.41, 5.74) is 1.01. The Hall–Kier alpha value is -4.43. The lowest BCUT2D eigenvalue weighted by Gasteiger charge is -2.35. The van der Waals surface area contributed by atoms with Crippen molar-refractivity contribution in [3.8, 4) is 11.5 Å². The first kappa shape index (κ1) is 25.8. The van der Waals surface area contributed by atoms with E-state index in [9.17, 15) is 14.4 Å². The van der Waals surface area contributed by atoms with Gasteiger partial charge in [-0.2, -0.15) is 0 Å². The SMILES string of the molecule is COc1ccc(C(OCC(=O)ON2C(=O)C3C4C=CC(C4)C3C2=O)(c2ccccc2)c2ccc(OC)cc2)cc1. The molecule has 4 atom stereocenters. The third-order valence-corrected chi connectivity index (χ3v) is 8.20. The summed E-state index contributed by atoms with van der Waals surface area (Å²) in [6, 6.07) is 24.3. The van der Waals surface area contributed by atoms with E-state index >= 15 is 0 Å². The van der Waals surface area contributed by atoms with Gasteiger partial charge in [0.1, 0.15) is 23.7 Å². The normalized spacial score (nSPS) is 22.9. The molecule has 204 valence electrons. The second-order valence-corrected chi connectivity index (χ2v) is 10.2. The maximum atomic E-state index is 13.2. The van der Waals surface area contributed by atoms with Crippen LogP contribution < -0.4 is 9.47 Å². The number of fused-ring (bicyclic) bond motifs is 5. The maximum absolute atomic E-state index is 13.2. The van der Waals surface area contributed by atoms with Crippen LogP contribution in [0.5, 0.6) is 11.5 Å². The first-order valence-electron chi connectivity index (χ1n) is 13.2. The maximum Gasteiger partial charge on any atom is 0.358 e. The van der Waals surface area contributed by atoms with Gasteiger partial charge in [-0.3, -0.25) is 9.59 Å². The van der Waals surface area contributed by atoms with Gasteiger partial charge < -0.3 is 19.0 Å². The molecule has 6 rings (SSSR count). The van der Waals surface area contributed by atoms with Crippen LogP contribution in [0.3, 0.4) is 0 Å². The average Bonchev–Trinajstić information content (AvgIpc) is 3.69. The summed E-state index contributed by atoms with van der Waals surface area (Å²) >= 11 is 0. The first-order chi connectivity index (χ1) is 19.5. The standard InChI is InChI=1S/C32H29NO7/c1-37-25-14-10-23(11-15-25)32(22-6-4-3-5-7-22,24-12-16-26(38-2)17-13-24)39-19-27(34)40-33-30(35)28-20-8-9-21(18-20)29(28)31(33)36/h3-17,20-21,28-29H,18-19H2,1-2H3. The van der Waals surface area contributed by atoms with Crippen LogP contribution >= 0.6 is 0 Å². The molecule has 0 radical (unpaired) electrons. The fourth-order valence-electron chi connectivity index (χ4n) is 6.33. The molecule has 2 fully saturated rings. The minimum Gasteiger partial charge on any atom is -0.497 e. The molecule has 8 heteroatoms. The molecule has 3 aromatic rings. The van der Waals surface area contributed by atoms with E-state index in [0.29, 0.717) is 16.6 Å². The minimum atomic E-state index is -1.24. The molecular formula is C32H29NO7. The van der Waals surface area contributed by atoms with Crippen LogP contribution in [0.2, 0.25) is 0 Å². The van der Waals surface area contributed by atoms with Crippen LogP contribution in [0, 0.1) is 23.7 Å². The quantitative estimate of drug-likeness (QED) is 0.228. The van der Waals surface area contributed by atoms with Crippen molar-refractivity contribution in [1.82, 2.24) is 5.06 Å². The highest BCUT2D eigenvalue weighted by Gasteiger charge is 2.61. The number of amides is 2. The summed E-state index contributed by atoms with van der Waals surface area (Å²) < 4.78 is 17.2. The molecule has 3 aliphatic rings. The molecule has 4 unspecified atom stereocenters. The van der Waals surface area contributed by atoms with Gasteiger partial charge in [-0.25, -0.2) is 4.79 Å². The zero-order valence-corrected chi connectivity index (χ0v) is 22.2. The highest BCUT2D eigenvalue weighted by Crippen LogP contribution is 2.52. The van der Waals surface area contributed by atoms with Crippen LogP contribution in [-0.2, 0) is 29.6 Å². The van der Waals surface area contributed by atoms with Crippen molar-refractivity contribution < 1.29 is 33.4 Å². The van der Waals surface area contributed by atoms with E-state index in [2.05, 4.69) is 0 Å². The van der Waals surface area contributed by atoms with E-state index in [1.165, 1.54) is 0 Å². The highest BCUT2D eigenvalue weighted by molar-refractivity contribution is 6.06. The molecule has 1 aliphatic heterocycles. The summed E-state index contributed by atoms with van der Waals surface area (Å²) in [6.07, 6.45) is 4.77. The Balaban J connectivity index is 1.32. The second kappa shape index (κ2) is 10.3. The van der Waals surface area contributed by atoms with Crippen LogP contribution in [-0.4, -0.2) is 43.7 Å². The second-order valence-electron chi connectivity index (χ2n) is 10.2. The fourth-order valence-corrected chi connectivity index (χ4v) is 6.33. The molecule has 0 spiro atoms. The lowest BCUT2D eigenvalue weighted by Crippen LogP contribution is -2.39.